The van der Waals surface area contributed by atoms with E-state index < -0.39 is 12.3 Å². The maximum absolute atomic E-state index is 12.1. The first kappa shape index (κ1) is 19.6. The van der Waals surface area contributed by atoms with Crippen LogP contribution in [-0.4, -0.2) is 13.1 Å². The van der Waals surface area contributed by atoms with E-state index in [0.717, 1.165) is 12.0 Å². The van der Waals surface area contributed by atoms with Crippen molar-refractivity contribution in [3.63, 3.8) is 0 Å². The predicted octanol–water partition coefficient (Wildman–Crippen LogP) is 5.09. The fraction of sp³-hybridized carbons (Fsp3) is 0.350. The van der Waals surface area contributed by atoms with E-state index >= 15 is 0 Å². The molecule has 0 heterocycles. The van der Waals surface area contributed by atoms with Crippen molar-refractivity contribution < 1.29 is 19.0 Å². The van der Waals surface area contributed by atoms with Gasteiger partial charge >= 0.3 is 5.97 Å². The van der Waals surface area contributed by atoms with Crippen LogP contribution in [0.1, 0.15) is 45.5 Å². The highest BCUT2D eigenvalue weighted by molar-refractivity contribution is 5.87. The summed E-state index contributed by atoms with van der Waals surface area (Å²) in [5.41, 5.74) is 1.87. The molecule has 0 aliphatic heterocycles. The van der Waals surface area contributed by atoms with Gasteiger partial charge in [0.15, 0.2) is 0 Å². The molecule has 1 unspecified atom stereocenters. The number of esters is 1. The third-order valence-electron chi connectivity index (χ3n) is 3.36. The lowest BCUT2D eigenvalue weighted by Crippen LogP contribution is -2.16. The monoisotopic (exact) mass is 330 g/mol. The number of ether oxygens (including phenoxy) is 3. The van der Waals surface area contributed by atoms with Gasteiger partial charge in [-0.3, -0.25) is 0 Å². The Morgan fingerprint density at radius 1 is 1.17 bits per heavy atom. The molecular weight excluding hydrogens is 304 g/mol. The van der Waals surface area contributed by atoms with Crippen molar-refractivity contribution >= 4 is 5.97 Å². The zero-order valence-corrected chi connectivity index (χ0v) is 14.9. The average Bonchev–Trinajstić information content (AvgIpc) is 2.59. The van der Waals surface area contributed by atoms with Crippen molar-refractivity contribution in [2.45, 2.75) is 39.9 Å². The highest BCUT2D eigenvalue weighted by atomic mass is 16.7. The third-order valence-corrected chi connectivity index (χ3v) is 3.36. The summed E-state index contributed by atoms with van der Waals surface area (Å²) in [5, 5.41) is 0. The van der Waals surface area contributed by atoms with Gasteiger partial charge in [-0.1, -0.05) is 27.0 Å². The molecule has 4 nitrogen and oxygen atoms in total. The summed E-state index contributed by atoms with van der Waals surface area (Å²) in [6.07, 6.45) is 2.34. The topological polar surface area (TPSA) is 44.8 Å². The van der Waals surface area contributed by atoms with Gasteiger partial charge in [-0.25, -0.2) is 4.79 Å². The molecule has 0 aromatic heterocycles. The lowest BCUT2D eigenvalue weighted by molar-refractivity contribution is -0.167. The molecule has 0 saturated heterocycles. The Labute approximate surface area is 144 Å². The minimum atomic E-state index is -0.874. The largest absolute Gasteiger partial charge is 0.497 e. The van der Waals surface area contributed by atoms with E-state index in [1.54, 1.807) is 31.4 Å². The molecule has 1 aromatic carbocycles. The van der Waals surface area contributed by atoms with Gasteiger partial charge < -0.3 is 14.2 Å². The predicted molar refractivity (Wildman–Crippen MR) is 95.5 cm³/mol. The summed E-state index contributed by atoms with van der Waals surface area (Å²) < 4.78 is 16.6. The van der Waals surface area contributed by atoms with E-state index in [-0.39, 0.29) is 0 Å². The number of methoxy groups -OCH3 is 1. The molecule has 0 fully saturated rings. The number of hydrogen-bond acceptors (Lipinski definition) is 4. The van der Waals surface area contributed by atoms with Gasteiger partial charge in [-0.05, 0) is 55.7 Å². The fourth-order valence-electron chi connectivity index (χ4n) is 1.87. The molecule has 130 valence electrons. The summed E-state index contributed by atoms with van der Waals surface area (Å²) in [4.78, 5) is 12.1. The summed E-state index contributed by atoms with van der Waals surface area (Å²) in [7, 11) is 1.59. The second-order valence-electron chi connectivity index (χ2n) is 5.34. The minimum absolute atomic E-state index is 0.397. The standard InChI is InChI=1S/C20H26O4/c1-7-9-18(14(3)4)23-20(24-19(21)15(5)8-2)16-10-12-17(22-6)13-11-16/h9-13,20H,3,5,7-8H2,1-2,4,6H3/b18-9+. The molecule has 0 aliphatic carbocycles. The van der Waals surface area contributed by atoms with Crippen molar-refractivity contribution in [1.82, 2.24) is 0 Å². The first-order valence-electron chi connectivity index (χ1n) is 7.98. The highest BCUT2D eigenvalue weighted by Crippen LogP contribution is 2.27. The lowest BCUT2D eigenvalue weighted by atomic mass is 10.2. The third kappa shape index (κ3) is 5.61. The van der Waals surface area contributed by atoms with Crippen molar-refractivity contribution in [2.24, 2.45) is 0 Å². The van der Waals surface area contributed by atoms with Crippen molar-refractivity contribution in [3.05, 3.63) is 66.0 Å². The number of hydrogen-bond donors (Lipinski definition) is 0. The Kier molecular flexibility index (Phi) is 7.83. The molecule has 0 spiro atoms. The molecule has 0 N–H and O–H groups in total. The molecule has 0 amide bonds. The number of carbonyl (C=O) groups excluding carboxylic acids is 1. The van der Waals surface area contributed by atoms with Crippen LogP contribution in [0.5, 0.6) is 5.75 Å². The minimum Gasteiger partial charge on any atom is -0.497 e. The van der Waals surface area contributed by atoms with E-state index in [1.807, 2.05) is 26.8 Å². The van der Waals surface area contributed by atoms with E-state index in [4.69, 9.17) is 14.2 Å². The van der Waals surface area contributed by atoms with Crippen LogP contribution < -0.4 is 4.74 Å². The van der Waals surface area contributed by atoms with Crippen LogP contribution in [0.3, 0.4) is 0 Å². The molecule has 1 atom stereocenters. The van der Waals surface area contributed by atoms with Gasteiger partial charge in [0.2, 0.25) is 0 Å². The summed E-state index contributed by atoms with van der Waals surface area (Å²) in [6, 6.07) is 7.18. The molecule has 0 radical (unpaired) electrons. The Morgan fingerprint density at radius 3 is 2.25 bits per heavy atom. The van der Waals surface area contributed by atoms with Gasteiger partial charge in [-0.2, -0.15) is 0 Å². The molecule has 4 heteroatoms. The van der Waals surface area contributed by atoms with Crippen LogP contribution in [-0.2, 0) is 14.3 Å². The highest BCUT2D eigenvalue weighted by Gasteiger charge is 2.21. The van der Waals surface area contributed by atoms with Crippen LogP contribution in [0.4, 0.5) is 0 Å². The molecular formula is C20H26O4. The Balaban J connectivity index is 3.09. The zero-order valence-electron chi connectivity index (χ0n) is 14.9. The Morgan fingerprint density at radius 2 is 1.79 bits per heavy atom. The SMILES string of the molecule is C=C(CC)C(=O)OC(O/C(=C/CC)C(=C)C)c1ccc(OC)cc1. The van der Waals surface area contributed by atoms with E-state index in [0.29, 0.717) is 29.1 Å². The fourth-order valence-corrected chi connectivity index (χ4v) is 1.87. The Hall–Kier alpha value is -2.49. The van der Waals surface area contributed by atoms with E-state index in [2.05, 4.69) is 13.2 Å². The van der Waals surface area contributed by atoms with Crippen LogP contribution in [0.25, 0.3) is 0 Å². The summed E-state index contributed by atoms with van der Waals surface area (Å²) >= 11 is 0. The number of rotatable bonds is 9. The van der Waals surface area contributed by atoms with Crippen molar-refractivity contribution in [3.8, 4) is 5.75 Å². The molecule has 1 rings (SSSR count). The van der Waals surface area contributed by atoms with Gasteiger partial charge in [0.05, 0.1) is 7.11 Å². The normalized spacial score (nSPS) is 12.2. The second kappa shape index (κ2) is 9.60. The van der Waals surface area contributed by atoms with Crippen LogP contribution in [0.2, 0.25) is 0 Å². The lowest BCUT2D eigenvalue weighted by Gasteiger charge is -2.22. The first-order chi connectivity index (χ1) is 11.4. The summed E-state index contributed by atoms with van der Waals surface area (Å²) in [6.45, 7) is 13.3. The Bertz CT molecular complexity index is 611. The van der Waals surface area contributed by atoms with Crippen LogP contribution in [0, 0.1) is 0 Å². The quantitative estimate of drug-likeness (QED) is 0.208. The molecule has 24 heavy (non-hydrogen) atoms. The van der Waals surface area contributed by atoms with Gasteiger partial charge in [0, 0.05) is 11.1 Å². The van der Waals surface area contributed by atoms with Crippen LogP contribution >= 0.6 is 0 Å². The first-order valence-corrected chi connectivity index (χ1v) is 7.98. The molecule has 0 aliphatic rings. The maximum atomic E-state index is 12.1. The average molecular weight is 330 g/mol. The second-order valence-corrected chi connectivity index (χ2v) is 5.34. The molecule has 0 saturated carbocycles. The molecule has 1 aromatic rings. The van der Waals surface area contributed by atoms with Crippen LogP contribution in [0.15, 0.2) is 60.4 Å². The van der Waals surface area contributed by atoms with Gasteiger partial charge in [0.1, 0.15) is 11.5 Å². The molecule has 0 bridgehead atoms. The van der Waals surface area contributed by atoms with Gasteiger partial charge in [0.25, 0.3) is 6.29 Å². The van der Waals surface area contributed by atoms with Crippen molar-refractivity contribution in [1.29, 1.82) is 0 Å². The van der Waals surface area contributed by atoms with E-state index in [9.17, 15) is 4.79 Å². The number of allylic oxidation sites excluding steroid dienone is 2. The maximum Gasteiger partial charge on any atom is 0.336 e. The number of carbonyl (C=O) groups is 1. The van der Waals surface area contributed by atoms with Crippen molar-refractivity contribution in [2.75, 3.05) is 7.11 Å². The van der Waals surface area contributed by atoms with E-state index in [1.165, 1.54) is 0 Å². The van der Waals surface area contributed by atoms with Gasteiger partial charge in [-0.15, -0.1) is 0 Å². The smallest absolute Gasteiger partial charge is 0.336 e. The zero-order chi connectivity index (χ0) is 18.1. The summed E-state index contributed by atoms with van der Waals surface area (Å²) in [5.74, 6) is 0.843. The number of benzene rings is 1.